The molecule has 112 valence electrons. The lowest BCUT2D eigenvalue weighted by Gasteiger charge is -2.12. The first-order chi connectivity index (χ1) is 10.1. The summed E-state index contributed by atoms with van der Waals surface area (Å²) in [4.78, 5) is 12.1. The van der Waals surface area contributed by atoms with Crippen molar-refractivity contribution < 1.29 is 9.47 Å². The van der Waals surface area contributed by atoms with Crippen molar-refractivity contribution in [1.29, 1.82) is 0 Å². The number of hydrazine groups is 1. The van der Waals surface area contributed by atoms with E-state index in [4.69, 9.17) is 26.9 Å². The molecular formula is C12H15ClN6O2. The van der Waals surface area contributed by atoms with Gasteiger partial charge in [-0.1, -0.05) is 11.6 Å². The first kappa shape index (κ1) is 15.1. The Hall–Kier alpha value is -2.32. The molecule has 9 heteroatoms. The Balaban J connectivity index is 2.39. The lowest BCUT2D eigenvalue weighted by Crippen LogP contribution is -2.13. The average molecular weight is 311 g/mol. The van der Waals surface area contributed by atoms with Gasteiger partial charge >= 0.3 is 6.01 Å². The number of nitrogens with zero attached hydrogens (tertiary/aromatic N) is 3. The van der Waals surface area contributed by atoms with Crippen LogP contribution >= 0.6 is 11.6 Å². The third-order valence-electron chi connectivity index (χ3n) is 2.65. The number of aryl methyl sites for hydroxylation is 1. The smallest absolute Gasteiger partial charge is 0.322 e. The number of nitrogens with two attached hydrogens (primary N) is 1. The van der Waals surface area contributed by atoms with E-state index >= 15 is 0 Å². The topological polar surface area (TPSA) is 107 Å². The van der Waals surface area contributed by atoms with Gasteiger partial charge < -0.3 is 14.8 Å². The molecule has 0 atom stereocenters. The van der Waals surface area contributed by atoms with Crippen LogP contribution in [0.25, 0.3) is 0 Å². The van der Waals surface area contributed by atoms with Crippen molar-refractivity contribution >= 4 is 29.2 Å². The van der Waals surface area contributed by atoms with E-state index in [1.165, 1.54) is 7.11 Å². The van der Waals surface area contributed by atoms with Gasteiger partial charge in [0.15, 0.2) is 0 Å². The van der Waals surface area contributed by atoms with Crippen LogP contribution in [-0.4, -0.2) is 29.2 Å². The number of nitrogens with one attached hydrogen (secondary N) is 2. The molecule has 8 nitrogen and oxygen atoms in total. The molecule has 2 aromatic rings. The lowest BCUT2D eigenvalue weighted by molar-refractivity contribution is 0.379. The van der Waals surface area contributed by atoms with Crippen molar-refractivity contribution in [2.24, 2.45) is 5.84 Å². The van der Waals surface area contributed by atoms with Crippen LogP contribution in [0.15, 0.2) is 12.1 Å². The van der Waals surface area contributed by atoms with E-state index in [2.05, 4.69) is 25.7 Å². The zero-order valence-corrected chi connectivity index (χ0v) is 12.5. The normalized spacial score (nSPS) is 10.1. The number of anilines is 3. The van der Waals surface area contributed by atoms with Gasteiger partial charge in [0.1, 0.15) is 5.75 Å². The number of hydrogen-bond donors (Lipinski definition) is 3. The average Bonchev–Trinajstić information content (AvgIpc) is 2.50. The molecule has 0 aliphatic rings. The fourth-order valence-corrected chi connectivity index (χ4v) is 1.77. The molecule has 21 heavy (non-hydrogen) atoms. The lowest BCUT2D eigenvalue weighted by atomic mass is 10.2. The number of ether oxygens (including phenoxy) is 2. The Morgan fingerprint density at radius 3 is 2.43 bits per heavy atom. The van der Waals surface area contributed by atoms with Crippen molar-refractivity contribution in [3.63, 3.8) is 0 Å². The van der Waals surface area contributed by atoms with Crippen molar-refractivity contribution in [2.75, 3.05) is 25.0 Å². The first-order valence-electron chi connectivity index (χ1n) is 5.95. The third kappa shape index (κ3) is 3.41. The molecule has 1 aromatic carbocycles. The van der Waals surface area contributed by atoms with E-state index in [1.54, 1.807) is 13.2 Å². The number of halogens is 1. The molecule has 0 radical (unpaired) electrons. The quantitative estimate of drug-likeness (QED) is 0.567. The Kier molecular flexibility index (Phi) is 4.61. The SMILES string of the molecule is COc1nc(NN)nc(Nc2cc(C)c(Cl)cc2OC)n1. The van der Waals surface area contributed by atoms with Crippen molar-refractivity contribution in [3.8, 4) is 11.8 Å². The summed E-state index contributed by atoms with van der Waals surface area (Å²) in [5, 5.41) is 3.63. The van der Waals surface area contributed by atoms with Crippen LogP contribution in [0.2, 0.25) is 5.02 Å². The minimum Gasteiger partial charge on any atom is -0.495 e. The number of rotatable bonds is 5. The summed E-state index contributed by atoms with van der Waals surface area (Å²) >= 11 is 6.07. The second-order valence-corrected chi connectivity index (χ2v) is 4.45. The highest BCUT2D eigenvalue weighted by atomic mass is 35.5. The molecule has 0 aliphatic carbocycles. The molecule has 1 heterocycles. The predicted molar refractivity (Wildman–Crippen MR) is 80.2 cm³/mol. The van der Waals surface area contributed by atoms with Crippen molar-refractivity contribution in [2.45, 2.75) is 6.92 Å². The maximum atomic E-state index is 6.07. The van der Waals surface area contributed by atoms with Crippen LogP contribution in [0.1, 0.15) is 5.56 Å². The van der Waals surface area contributed by atoms with Gasteiger partial charge in [-0.2, -0.15) is 15.0 Å². The van der Waals surface area contributed by atoms with Crippen LogP contribution in [0, 0.1) is 6.92 Å². The first-order valence-corrected chi connectivity index (χ1v) is 6.33. The minimum absolute atomic E-state index is 0.130. The summed E-state index contributed by atoms with van der Waals surface area (Å²) in [6.45, 7) is 1.88. The summed E-state index contributed by atoms with van der Waals surface area (Å²) in [6, 6.07) is 3.66. The molecule has 0 bridgehead atoms. The zero-order chi connectivity index (χ0) is 15.4. The van der Waals surface area contributed by atoms with Gasteiger partial charge in [-0.25, -0.2) is 5.84 Å². The summed E-state index contributed by atoms with van der Waals surface area (Å²) in [5.74, 6) is 6.30. The fraction of sp³-hybridized carbons (Fsp3) is 0.250. The minimum atomic E-state index is 0.130. The van der Waals surface area contributed by atoms with Gasteiger partial charge in [-0.3, -0.25) is 5.43 Å². The van der Waals surface area contributed by atoms with Crippen molar-refractivity contribution in [1.82, 2.24) is 15.0 Å². The number of hydrogen-bond acceptors (Lipinski definition) is 8. The number of benzene rings is 1. The molecule has 0 amide bonds. The third-order valence-corrected chi connectivity index (χ3v) is 3.06. The summed E-state index contributed by atoms with van der Waals surface area (Å²) in [7, 11) is 3.00. The number of methoxy groups -OCH3 is 2. The Bertz CT molecular complexity index is 630. The van der Waals surface area contributed by atoms with Gasteiger partial charge in [0.25, 0.3) is 0 Å². The van der Waals surface area contributed by atoms with Gasteiger partial charge in [-0.05, 0) is 18.6 Å². The molecule has 0 aliphatic heterocycles. The highest BCUT2D eigenvalue weighted by Crippen LogP contribution is 2.32. The van der Waals surface area contributed by atoms with E-state index < -0.39 is 0 Å². The van der Waals surface area contributed by atoms with Crippen LogP contribution in [0.3, 0.4) is 0 Å². The van der Waals surface area contributed by atoms with Crippen LogP contribution in [0.4, 0.5) is 17.6 Å². The highest BCUT2D eigenvalue weighted by molar-refractivity contribution is 6.31. The Morgan fingerprint density at radius 1 is 1.10 bits per heavy atom. The predicted octanol–water partition coefficient (Wildman–Crippen LogP) is 1.88. The largest absolute Gasteiger partial charge is 0.495 e. The van der Waals surface area contributed by atoms with E-state index in [1.807, 2.05) is 13.0 Å². The molecule has 0 spiro atoms. The van der Waals surface area contributed by atoms with Gasteiger partial charge in [0.05, 0.1) is 19.9 Å². The molecule has 0 saturated heterocycles. The van der Waals surface area contributed by atoms with Crippen LogP contribution in [-0.2, 0) is 0 Å². The monoisotopic (exact) mass is 310 g/mol. The Morgan fingerprint density at radius 2 is 1.81 bits per heavy atom. The Labute approximate surface area is 126 Å². The maximum Gasteiger partial charge on any atom is 0.322 e. The van der Waals surface area contributed by atoms with Gasteiger partial charge in [0, 0.05) is 11.1 Å². The second kappa shape index (κ2) is 6.42. The molecule has 2 rings (SSSR count). The van der Waals surface area contributed by atoms with Crippen LogP contribution < -0.4 is 26.1 Å². The van der Waals surface area contributed by atoms with Gasteiger partial charge in [0.2, 0.25) is 11.9 Å². The summed E-state index contributed by atoms with van der Waals surface area (Å²) in [5.41, 5.74) is 3.89. The molecule has 0 saturated carbocycles. The zero-order valence-electron chi connectivity index (χ0n) is 11.8. The van der Waals surface area contributed by atoms with E-state index in [0.29, 0.717) is 16.5 Å². The number of nitrogen functional groups attached to an aromatic ring is 1. The van der Waals surface area contributed by atoms with E-state index in [-0.39, 0.29) is 17.9 Å². The maximum absolute atomic E-state index is 6.07. The molecular weight excluding hydrogens is 296 g/mol. The summed E-state index contributed by atoms with van der Waals surface area (Å²) < 4.78 is 10.3. The number of aromatic nitrogens is 3. The molecule has 0 fully saturated rings. The molecule has 1 aromatic heterocycles. The standard InChI is InChI=1S/C12H15ClN6O2/c1-6-4-8(9(20-2)5-7(6)13)15-10-16-11(19-14)18-12(17-10)21-3/h4-5H,14H2,1-3H3,(H2,15,16,17,18,19). The second-order valence-electron chi connectivity index (χ2n) is 4.04. The van der Waals surface area contributed by atoms with Gasteiger partial charge in [-0.15, -0.1) is 0 Å². The summed E-state index contributed by atoms with van der Waals surface area (Å²) in [6.07, 6.45) is 0. The fourth-order valence-electron chi connectivity index (χ4n) is 1.62. The highest BCUT2D eigenvalue weighted by Gasteiger charge is 2.11. The van der Waals surface area contributed by atoms with Crippen molar-refractivity contribution in [3.05, 3.63) is 22.7 Å². The molecule has 0 unspecified atom stereocenters. The van der Waals surface area contributed by atoms with Crippen LogP contribution in [0.5, 0.6) is 11.8 Å². The van der Waals surface area contributed by atoms with E-state index in [0.717, 1.165) is 5.56 Å². The van der Waals surface area contributed by atoms with E-state index in [9.17, 15) is 0 Å². The molecule has 4 N–H and O–H groups in total.